The average molecular weight is 289 g/mol. The Balaban J connectivity index is 1.73. The maximum absolute atomic E-state index is 13.4. The fraction of sp³-hybridized carbons (Fsp3) is 0.235. The maximum atomic E-state index is 13.4. The van der Waals surface area contributed by atoms with Gasteiger partial charge >= 0.3 is 0 Å². The highest BCUT2D eigenvalue weighted by atomic mass is 19.1. The van der Waals surface area contributed by atoms with Crippen LogP contribution in [-0.4, -0.2) is 12.5 Å². The minimum Gasteiger partial charge on any atom is -0.356 e. The summed E-state index contributed by atoms with van der Waals surface area (Å²) in [6.45, 7) is 0.372. The first kappa shape index (κ1) is 15.2. The van der Waals surface area contributed by atoms with Crippen molar-refractivity contribution >= 4 is 5.91 Å². The Labute approximate surface area is 122 Å². The van der Waals surface area contributed by atoms with E-state index in [0.717, 1.165) is 0 Å². The van der Waals surface area contributed by atoms with Gasteiger partial charge in [-0.2, -0.15) is 0 Å². The van der Waals surface area contributed by atoms with Gasteiger partial charge in [-0.15, -0.1) is 0 Å². The van der Waals surface area contributed by atoms with Crippen LogP contribution in [0.15, 0.2) is 48.5 Å². The molecule has 0 fully saturated rings. The van der Waals surface area contributed by atoms with E-state index >= 15 is 0 Å². The zero-order valence-corrected chi connectivity index (χ0v) is 11.6. The summed E-state index contributed by atoms with van der Waals surface area (Å²) in [4.78, 5) is 11.7. The Bertz CT molecular complexity index is 613. The predicted octanol–water partition coefficient (Wildman–Crippen LogP) is 3.26. The minimum absolute atomic E-state index is 0.158. The van der Waals surface area contributed by atoms with Gasteiger partial charge in [-0.1, -0.05) is 36.4 Å². The van der Waals surface area contributed by atoms with Crippen LogP contribution < -0.4 is 5.32 Å². The van der Waals surface area contributed by atoms with Crippen LogP contribution in [0.2, 0.25) is 0 Å². The van der Waals surface area contributed by atoms with Crippen molar-refractivity contribution < 1.29 is 13.6 Å². The number of carbonyl (C=O) groups excluding carboxylic acids is 1. The van der Waals surface area contributed by atoms with Crippen molar-refractivity contribution in [1.29, 1.82) is 0 Å². The summed E-state index contributed by atoms with van der Waals surface area (Å²) in [6, 6.07) is 12.9. The summed E-state index contributed by atoms with van der Waals surface area (Å²) >= 11 is 0. The van der Waals surface area contributed by atoms with Crippen molar-refractivity contribution in [3.05, 3.63) is 71.3 Å². The highest BCUT2D eigenvalue weighted by Gasteiger charge is 2.06. The van der Waals surface area contributed by atoms with E-state index in [9.17, 15) is 13.6 Å². The molecule has 0 unspecified atom stereocenters. The second kappa shape index (κ2) is 7.53. The Hall–Kier alpha value is -2.23. The van der Waals surface area contributed by atoms with E-state index in [1.165, 1.54) is 12.1 Å². The minimum atomic E-state index is -0.295. The van der Waals surface area contributed by atoms with Gasteiger partial charge in [0.15, 0.2) is 0 Å². The number of hydrogen-bond acceptors (Lipinski definition) is 1. The molecule has 4 heteroatoms. The Morgan fingerprint density at radius 2 is 1.38 bits per heavy atom. The molecule has 0 atom stereocenters. The number of amides is 1. The largest absolute Gasteiger partial charge is 0.356 e. The van der Waals surface area contributed by atoms with E-state index in [1.54, 1.807) is 36.4 Å². The van der Waals surface area contributed by atoms with Gasteiger partial charge in [-0.25, -0.2) is 8.78 Å². The SMILES string of the molecule is O=C(CCc1ccccc1F)NCCc1ccccc1F. The summed E-state index contributed by atoms with van der Waals surface area (Å²) in [7, 11) is 0. The molecule has 21 heavy (non-hydrogen) atoms. The Morgan fingerprint density at radius 3 is 1.95 bits per heavy atom. The molecule has 0 heterocycles. The molecule has 0 aliphatic carbocycles. The average Bonchev–Trinajstić information content (AvgIpc) is 2.48. The molecule has 0 aliphatic heterocycles. The lowest BCUT2D eigenvalue weighted by atomic mass is 10.1. The molecule has 0 radical (unpaired) electrons. The lowest BCUT2D eigenvalue weighted by Crippen LogP contribution is -2.26. The topological polar surface area (TPSA) is 29.1 Å². The monoisotopic (exact) mass is 289 g/mol. The third-order valence-electron chi connectivity index (χ3n) is 3.25. The molecule has 2 rings (SSSR count). The zero-order chi connectivity index (χ0) is 15.1. The van der Waals surface area contributed by atoms with E-state index in [2.05, 4.69) is 5.32 Å². The molecule has 0 bridgehead atoms. The van der Waals surface area contributed by atoms with Crippen LogP contribution in [0, 0.1) is 11.6 Å². The van der Waals surface area contributed by atoms with Gasteiger partial charge < -0.3 is 5.32 Å². The quantitative estimate of drug-likeness (QED) is 0.869. The predicted molar refractivity (Wildman–Crippen MR) is 77.8 cm³/mol. The van der Waals surface area contributed by atoms with Crippen LogP contribution in [0.5, 0.6) is 0 Å². The van der Waals surface area contributed by atoms with Gasteiger partial charge in [0.25, 0.3) is 0 Å². The molecule has 0 spiro atoms. The molecule has 1 amide bonds. The first-order chi connectivity index (χ1) is 10.2. The van der Waals surface area contributed by atoms with Gasteiger partial charge in [0.1, 0.15) is 11.6 Å². The third-order valence-corrected chi connectivity index (χ3v) is 3.25. The van der Waals surface area contributed by atoms with E-state index < -0.39 is 0 Å². The van der Waals surface area contributed by atoms with Crippen LogP contribution in [0.3, 0.4) is 0 Å². The van der Waals surface area contributed by atoms with E-state index in [1.807, 2.05) is 0 Å². The zero-order valence-electron chi connectivity index (χ0n) is 11.6. The van der Waals surface area contributed by atoms with Crippen molar-refractivity contribution in [2.24, 2.45) is 0 Å². The number of aryl methyl sites for hydroxylation is 1. The summed E-state index contributed by atoms with van der Waals surface area (Å²) in [6.07, 6.45) is 1.02. The summed E-state index contributed by atoms with van der Waals surface area (Å²) in [5, 5.41) is 2.72. The molecule has 0 saturated carbocycles. The number of nitrogens with one attached hydrogen (secondary N) is 1. The molecule has 0 aliphatic rings. The third kappa shape index (κ3) is 4.67. The maximum Gasteiger partial charge on any atom is 0.220 e. The normalized spacial score (nSPS) is 10.4. The first-order valence-electron chi connectivity index (χ1n) is 6.90. The van der Waals surface area contributed by atoms with Crippen LogP contribution >= 0.6 is 0 Å². The van der Waals surface area contributed by atoms with Gasteiger partial charge in [0.2, 0.25) is 5.91 Å². The van der Waals surface area contributed by atoms with Crippen molar-refractivity contribution in [3.63, 3.8) is 0 Å². The smallest absolute Gasteiger partial charge is 0.220 e. The number of rotatable bonds is 6. The highest BCUT2D eigenvalue weighted by Crippen LogP contribution is 2.09. The van der Waals surface area contributed by atoms with Gasteiger partial charge in [0, 0.05) is 13.0 Å². The first-order valence-corrected chi connectivity index (χ1v) is 6.90. The summed E-state index contributed by atoms with van der Waals surface area (Å²) in [5.41, 5.74) is 1.11. The lowest BCUT2D eigenvalue weighted by Gasteiger charge is -2.06. The van der Waals surface area contributed by atoms with E-state index in [0.29, 0.717) is 30.5 Å². The molecule has 2 aromatic carbocycles. The number of benzene rings is 2. The van der Waals surface area contributed by atoms with E-state index in [-0.39, 0.29) is 24.0 Å². The molecular formula is C17H17F2NO. The molecule has 110 valence electrons. The number of carbonyl (C=O) groups is 1. The molecule has 1 N–H and O–H groups in total. The fourth-order valence-corrected chi connectivity index (χ4v) is 2.08. The number of hydrogen-bond donors (Lipinski definition) is 1. The van der Waals surface area contributed by atoms with Gasteiger partial charge in [0.05, 0.1) is 0 Å². The van der Waals surface area contributed by atoms with Crippen molar-refractivity contribution in [2.75, 3.05) is 6.54 Å². The van der Waals surface area contributed by atoms with Crippen molar-refractivity contribution in [1.82, 2.24) is 5.32 Å². The van der Waals surface area contributed by atoms with Crippen LogP contribution in [0.1, 0.15) is 17.5 Å². The fourth-order valence-electron chi connectivity index (χ4n) is 2.08. The molecule has 0 saturated heterocycles. The summed E-state index contributed by atoms with van der Waals surface area (Å²) < 4.78 is 26.8. The molecule has 0 aromatic heterocycles. The lowest BCUT2D eigenvalue weighted by molar-refractivity contribution is -0.121. The van der Waals surface area contributed by atoms with Crippen LogP contribution in [-0.2, 0) is 17.6 Å². The Kier molecular flexibility index (Phi) is 5.43. The molecular weight excluding hydrogens is 272 g/mol. The second-order valence-corrected chi connectivity index (χ2v) is 4.78. The highest BCUT2D eigenvalue weighted by molar-refractivity contribution is 5.76. The van der Waals surface area contributed by atoms with Crippen LogP contribution in [0.4, 0.5) is 8.78 Å². The second-order valence-electron chi connectivity index (χ2n) is 4.78. The molecule has 2 nitrogen and oxygen atoms in total. The van der Waals surface area contributed by atoms with E-state index in [4.69, 9.17) is 0 Å². The molecule has 2 aromatic rings. The van der Waals surface area contributed by atoms with Gasteiger partial charge in [-0.05, 0) is 36.1 Å². The van der Waals surface area contributed by atoms with Gasteiger partial charge in [-0.3, -0.25) is 4.79 Å². The summed E-state index contributed by atoms with van der Waals surface area (Å²) in [5.74, 6) is -0.718. The van der Waals surface area contributed by atoms with Crippen molar-refractivity contribution in [2.45, 2.75) is 19.3 Å². The van der Waals surface area contributed by atoms with Crippen molar-refractivity contribution in [3.8, 4) is 0 Å². The Morgan fingerprint density at radius 1 is 0.857 bits per heavy atom. The van der Waals surface area contributed by atoms with Crippen LogP contribution in [0.25, 0.3) is 0 Å². The number of halogens is 2. The standard InChI is InChI=1S/C17H17F2NO/c18-15-7-3-1-5-13(15)9-10-17(21)20-12-11-14-6-2-4-8-16(14)19/h1-8H,9-12H2,(H,20,21).